The van der Waals surface area contributed by atoms with Crippen molar-refractivity contribution in [2.24, 2.45) is 16.3 Å². The molecule has 0 fully saturated rings. The van der Waals surface area contributed by atoms with Crippen LogP contribution in [-0.4, -0.2) is 17.0 Å². The molecule has 1 aliphatic carbocycles. The molecule has 1 N–H and O–H groups in total. The Morgan fingerprint density at radius 3 is 2.57 bits per heavy atom. The molecule has 1 atom stereocenters. The summed E-state index contributed by atoms with van der Waals surface area (Å²) in [6.45, 7) is 7.11. The lowest BCUT2D eigenvalue weighted by molar-refractivity contribution is -0.384. The number of anilines is 1. The maximum atomic E-state index is 13.6. The summed E-state index contributed by atoms with van der Waals surface area (Å²) in [6, 6.07) is 20.9. The summed E-state index contributed by atoms with van der Waals surface area (Å²) < 4.78 is 5.93. The molecule has 1 aliphatic rings. The first-order chi connectivity index (χ1) is 20.1. The number of halogens is 1. The molecule has 1 heterocycles. The number of rotatable bonds is 8. The molecule has 42 heavy (non-hydrogen) atoms. The van der Waals surface area contributed by atoms with E-state index in [-0.39, 0.29) is 23.6 Å². The largest absolute Gasteiger partial charge is 0.489 e. The highest BCUT2D eigenvalue weighted by Crippen LogP contribution is 2.45. The third-order valence-corrected chi connectivity index (χ3v) is 8.96. The van der Waals surface area contributed by atoms with Gasteiger partial charge >= 0.3 is 0 Å². The number of hydrogen-bond donors (Lipinski definition) is 1. The zero-order valence-electron chi connectivity index (χ0n) is 23.7. The predicted molar refractivity (Wildman–Crippen MR) is 170 cm³/mol. The number of non-ortho nitro benzene ring substituents is 1. The van der Waals surface area contributed by atoms with Crippen LogP contribution < -0.4 is 10.1 Å². The minimum atomic E-state index is -0.424. The van der Waals surface area contributed by atoms with E-state index in [2.05, 4.69) is 26.1 Å². The number of nitrogens with zero attached hydrogens (tertiary/aromatic N) is 2. The Morgan fingerprint density at radius 2 is 1.88 bits per heavy atom. The van der Waals surface area contributed by atoms with Gasteiger partial charge in [-0.15, -0.1) is 11.3 Å². The maximum Gasteiger partial charge on any atom is 0.269 e. The van der Waals surface area contributed by atoms with Crippen molar-refractivity contribution in [1.82, 2.24) is 0 Å². The summed E-state index contributed by atoms with van der Waals surface area (Å²) in [5.74, 6) is 1.02. The lowest BCUT2D eigenvalue weighted by Gasteiger charge is -2.33. The molecule has 216 valence electrons. The molecule has 1 amide bonds. The Labute approximate surface area is 254 Å². The van der Waals surface area contributed by atoms with Crippen LogP contribution in [0.5, 0.6) is 5.75 Å². The average Bonchev–Trinajstić information content (AvgIpc) is 3.34. The summed E-state index contributed by atoms with van der Waals surface area (Å²) in [6.07, 6.45) is 4.58. The Hall–Kier alpha value is -4.01. The van der Waals surface area contributed by atoms with Crippen molar-refractivity contribution < 1.29 is 14.5 Å². The number of nitro groups is 1. The van der Waals surface area contributed by atoms with Gasteiger partial charge in [-0.3, -0.25) is 14.9 Å². The van der Waals surface area contributed by atoms with Gasteiger partial charge < -0.3 is 10.1 Å². The first-order valence-corrected chi connectivity index (χ1v) is 15.0. The van der Waals surface area contributed by atoms with Gasteiger partial charge in [0.05, 0.1) is 10.5 Å². The van der Waals surface area contributed by atoms with E-state index in [1.54, 1.807) is 53.9 Å². The molecule has 9 heteroatoms. The standard InChI is InChI=1S/C33H32ClN3O4S/c1-33(2,3)23-9-16-28-29(18-23)42-32(30(28)31(38)36-25-12-10-24(34)11-13-25)35-19-22-5-4-6-27(17-22)41-20-21-7-14-26(15-8-21)37(39)40/h4-8,10-15,17,19,23H,9,16,18,20H2,1-3H3,(H,36,38)/t23-/m0/s1. The number of nitrogens with one attached hydrogen (secondary N) is 1. The van der Waals surface area contributed by atoms with Crippen LogP contribution in [0.3, 0.4) is 0 Å². The number of fused-ring (bicyclic) bond motifs is 1. The van der Waals surface area contributed by atoms with Crippen molar-refractivity contribution >= 4 is 51.4 Å². The van der Waals surface area contributed by atoms with Crippen molar-refractivity contribution in [3.05, 3.63) is 115 Å². The number of benzene rings is 3. The molecular formula is C33H32ClN3O4S. The minimum absolute atomic E-state index is 0.0439. The number of carbonyl (C=O) groups excluding carboxylic acids is 1. The molecule has 0 aliphatic heterocycles. The van der Waals surface area contributed by atoms with E-state index >= 15 is 0 Å². The Balaban J connectivity index is 1.37. The van der Waals surface area contributed by atoms with Crippen molar-refractivity contribution in [1.29, 1.82) is 0 Å². The van der Waals surface area contributed by atoms with Crippen LogP contribution in [0.2, 0.25) is 5.02 Å². The Morgan fingerprint density at radius 1 is 1.14 bits per heavy atom. The number of carbonyl (C=O) groups is 1. The number of amides is 1. The quantitative estimate of drug-likeness (QED) is 0.124. The van der Waals surface area contributed by atoms with Gasteiger partial charge in [0.1, 0.15) is 17.4 Å². The van der Waals surface area contributed by atoms with Gasteiger partial charge in [0.15, 0.2) is 0 Å². The second-order valence-electron chi connectivity index (χ2n) is 11.5. The summed E-state index contributed by atoms with van der Waals surface area (Å²) in [4.78, 5) is 30.1. The van der Waals surface area contributed by atoms with E-state index in [0.717, 1.165) is 36.0 Å². The van der Waals surface area contributed by atoms with Crippen LogP contribution in [-0.2, 0) is 19.4 Å². The maximum absolute atomic E-state index is 13.6. The van der Waals surface area contributed by atoms with E-state index in [1.807, 2.05) is 24.3 Å². The van der Waals surface area contributed by atoms with Gasteiger partial charge in [-0.25, -0.2) is 4.99 Å². The molecule has 0 radical (unpaired) electrons. The van der Waals surface area contributed by atoms with E-state index in [0.29, 0.717) is 32.9 Å². The first-order valence-electron chi connectivity index (χ1n) is 13.8. The molecule has 0 unspecified atom stereocenters. The van der Waals surface area contributed by atoms with Crippen LogP contribution in [0.15, 0.2) is 77.8 Å². The van der Waals surface area contributed by atoms with E-state index in [9.17, 15) is 14.9 Å². The van der Waals surface area contributed by atoms with E-state index in [1.165, 1.54) is 17.0 Å². The van der Waals surface area contributed by atoms with Gasteiger partial charge in [-0.05, 0) is 95.8 Å². The number of thiophene rings is 1. The fraction of sp³-hybridized carbons (Fsp3) is 0.273. The normalized spacial score (nSPS) is 14.9. The average molecular weight is 602 g/mol. The molecule has 1 aromatic heterocycles. The number of aliphatic imine (C=N–C) groups is 1. The number of nitro benzene ring substituents is 1. The molecule has 0 saturated carbocycles. The zero-order chi connectivity index (χ0) is 29.9. The minimum Gasteiger partial charge on any atom is -0.489 e. The summed E-state index contributed by atoms with van der Waals surface area (Å²) in [5, 5.41) is 15.2. The van der Waals surface area contributed by atoms with E-state index < -0.39 is 4.92 Å². The van der Waals surface area contributed by atoms with Crippen LogP contribution in [0, 0.1) is 21.4 Å². The SMILES string of the molecule is CC(C)(C)[C@H]1CCc2c(sc(N=Cc3cccc(OCc4ccc([N+](=O)[O-])cc4)c3)c2C(=O)Nc2ccc(Cl)cc2)C1. The molecule has 0 spiro atoms. The zero-order valence-corrected chi connectivity index (χ0v) is 25.3. The lowest BCUT2D eigenvalue weighted by atomic mass is 9.72. The van der Waals surface area contributed by atoms with Crippen LogP contribution in [0.1, 0.15) is 59.1 Å². The van der Waals surface area contributed by atoms with Gasteiger partial charge in [-0.2, -0.15) is 0 Å². The van der Waals surface area contributed by atoms with Crippen molar-refractivity contribution in [3.8, 4) is 5.75 Å². The van der Waals surface area contributed by atoms with E-state index in [4.69, 9.17) is 21.3 Å². The smallest absolute Gasteiger partial charge is 0.269 e. The number of ether oxygens (including phenoxy) is 1. The van der Waals surface area contributed by atoms with Gasteiger partial charge in [-0.1, -0.05) is 44.5 Å². The third-order valence-electron chi connectivity index (χ3n) is 7.54. The molecule has 5 rings (SSSR count). The fourth-order valence-electron chi connectivity index (χ4n) is 5.06. The van der Waals surface area contributed by atoms with Crippen LogP contribution >= 0.6 is 22.9 Å². The second-order valence-corrected chi connectivity index (χ2v) is 13.0. The topological polar surface area (TPSA) is 93.8 Å². The van der Waals surface area contributed by atoms with Gasteiger partial charge in [0.25, 0.3) is 11.6 Å². The highest BCUT2D eigenvalue weighted by atomic mass is 35.5. The highest BCUT2D eigenvalue weighted by molar-refractivity contribution is 7.16. The van der Waals surface area contributed by atoms with Gasteiger partial charge in [0, 0.05) is 33.9 Å². The number of hydrogen-bond acceptors (Lipinski definition) is 6. The molecule has 0 saturated heterocycles. The fourth-order valence-corrected chi connectivity index (χ4v) is 6.46. The van der Waals surface area contributed by atoms with Crippen LogP contribution in [0.25, 0.3) is 0 Å². The Kier molecular flexibility index (Phi) is 8.75. The van der Waals surface area contributed by atoms with Gasteiger partial charge in [0.2, 0.25) is 0 Å². The molecular weight excluding hydrogens is 570 g/mol. The first kappa shape index (κ1) is 29.5. The summed E-state index contributed by atoms with van der Waals surface area (Å²) >= 11 is 7.63. The third kappa shape index (κ3) is 7.06. The molecule has 3 aromatic carbocycles. The molecule has 0 bridgehead atoms. The molecule has 4 aromatic rings. The van der Waals surface area contributed by atoms with Crippen molar-refractivity contribution in [2.45, 2.75) is 46.6 Å². The summed E-state index contributed by atoms with van der Waals surface area (Å²) in [5.41, 5.74) is 4.31. The monoisotopic (exact) mass is 601 g/mol. The van der Waals surface area contributed by atoms with Crippen molar-refractivity contribution in [3.63, 3.8) is 0 Å². The summed E-state index contributed by atoms with van der Waals surface area (Å²) in [7, 11) is 0. The second kappa shape index (κ2) is 12.5. The lowest BCUT2D eigenvalue weighted by Crippen LogP contribution is -2.27. The highest BCUT2D eigenvalue weighted by Gasteiger charge is 2.33. The van der Waals surface area contributed by atoms with Crippen LogP contribution in [0.4, 0.5) is 16.4 Å². The molecule has 7 nitrogen and oxygen atoms in total. The predicted octanol–water partition coefficient (Wildman–Crippen LogP) is 9.04. The van der Waals surface area contributed by atoms with Crippen molar-refractivity contribution in [2.75, 3.05) is 5.32 Å². The Bertz CT molecular complexity index is 1620.